The van der Waals surface area contributed by atoms with Crippen LogP contribution in [0.1, 0.15) is 63.8 Å². The van der Waals surface area contributed by atoms with Crippen molar-refractivity contribution in [2.45, 2.75) is 64.1 Å². The van der Waals surface area contributed by atoms with E-state index in [2.05, 4.69) is 58.5 Å². The first-order valence-electron chi connectivity index (χ1n) is 13.0. The van der Waals surface area contributed by atoms with Gasteiger partial charge >= 0.3 is 6.18 Å². The van der Waals surface area contributed by atoms with Crippen LogP contribution in [0.3, 0.4) is 0 Å². The molecule has 2 aromatic rings. The second kappa shape index (κ2) is 10.3. The summed E-state index contributed by atoms with van der Waals surface area (Å²) in [6.45, 7) is 4.65. The molecule has 7 nitrogen and oxygen atoms in total. The van der Waals surface area contributed by atoms with Crippen LogP contribution in [-0.4, -0.2) is 58.8 Å². The van der Waals surface area contributed by atoms with Gasteiger partial charge in [0.25, 0.3) is 0 Å². The first kappa shape index (κ1) is 28.0. The Labute approximate surface area is 221 Å². The van der Waals surface area contributed by atoms with E-state index < -0.39 is 17.4 Å². The van der Waals surface area contributed by atoms with Crippen molar-refractivity contribution in [3.05, 3.63) is 54.1 Å². The normalized spacial score (nSPS) is 24.3. The van der Waals surface area contributed by atoms with Crippen molar-refractivity contribution in [2.24, 2.45) is 10.8 Å². The first-order valence-corrected chi connectivity index (χ1v) is 13.0. The van der Waals surface area contributed by atoms with Gasteiger partial charge in [0.1, 0.15) is 0 Å². The van der Waals surface area contributed by atoms with Crippen LogP contribution in [0.5, 0.6) is 0 Å². The molecule has 1 aliphatic heterocycles. The average molecular weight is 532 g/mol. The minimum absolute atomic E-state index is 0.0366. The Morgan fingerprint density at radius 2 is 1.66 bits per heavy atom. The van der Waals surface area contributed by atoms with Crippen LogP contribution in [0.15, 0.2) is 42.7 Å². The number of rotatable bonds is 7. The molecule has 1 aliphatic carbocycles. The molecule has 0 atom stereocenters. The molecule has 2 aliphatic rings. The Balaban J connectivity index is 1.34. The van der Waals surface area contributed by atoms with Crippen molar-refractivity contribution in [1.29, 1.82) is 0 Å². The number of hydrogen-bond acceptors (Lipinski definition) is 5. The molecule has 0 unspecified atom stereocenters. The molecule has 10 heteroatoms. The Kier molecular flexibility index (Phi) is 7.58. The van der Waals surface area contributed by atoms with Crippen molar-refractivity contribution in [3.8, 4) is 0 Å². The molecule has 1 spiro atoms. The molecule has 2 amide bonds. The van der Waals surface area contributed by atoms with Gasteiger partial charge in [0.2, 0.25) is 17.6 Å². The van der Waals surface area contributed by atoms with Gasteiger partial charge in [-0.2, -0.15) is 13.2 Å². The van der Waals surface area contributed by atoms with Crippen LogP contribution < -0.4 is 5.32 Å². The van der Waals surface area contributed by atoms with Gasteiger partial charge in [0.15, 0.2) is 0 Å². The van der Waals surface area contributed by atoms with E-state index in [-0.39, 0.29) is 28.5 Å². The maximum atomic E-state index is 13.0. The Bertz CT molecular complexity index is 1140. The van der Waals surface area contributed by atoms with Gasteiger partial charge in [-0.15, -0.1) is 0 Å². The third-order valence-electron chi connectivity index (χ3n) is 8.49. The molecule has 4 rings (SSSR count). The van der Waals surface area contributed by atoms with Crippen LogP contribution in [0.25, 0.3) is 0 Å². The van der Waals surface area contributed by atoms with E-state index in [4.69, 9.17) is 0 Å². The quantitative estimate of drug-likeness (QED) is 0.538. The monoisotopic (exact) mass is 531 g/mol. The van der Waals surface area contributed by atoms with Crippen LogP contribution in [0.4, 0.5) is 18.9 Å². The van der Waals surface area contributed by atoms with Crippen molar-refractivity contribution in [2.75, 3.05) is 32.5 Å². The first-order chi connectivity index (χ1) is 17.8. The minimum Gasteiger partial charge on any atom is -0.342 e. The molecule has 1 saturated carbocycles. The van der Waals surface area contributed by atoms with Crippen LogP contribution in [0.2, 0.25) is 0 Å². The predicted octanol–water partition coefficient (Wildman–Crippen LogP) is 5.10. The fourth-order valence-corrected chi connectivity index (χ4v) is 5.82. The molecular formula is C28H36F3N5O2. The predicted molar refractivity (Wildman–Crippen MR) is 138 cm³/mol. The number of carbonyl (C=O) groups is 2. The lowest BCUT2D eigenvalue weighted by molar-refractivity contribution is -0.145. The summed E-state index contributed by atoms with van der Waals surface area (Å²) in [6, 6.07) is 10.6. The number of nitrogens with zero attached hydrogens (tertiary/aromatic N) is 4. The van der Waals surface area contributed by atoms with E-state index in [0.717, 1.165) is 38.1 Å². The fraction of sp³-hybridized carbons (Fsp3) is 0.571. The van der Waals surface area contributed by atoms with Crippen molar-refractivity contribution >= 4 is 17.5 Å². The lowest BCUT2D eigenvalue weighted by atomic mass is 9.64. The van der Waals surface area contributed by atoms with E-state index in [1.807, 2.05) is 11.0 Å². The molecule has 1 aromatic carbocycles. The number of nitrogens with one attached hydrogen (secondary N) is 1. The summed E-state index contributed by atoms with van der Waals surface area (Å²) in [5.41, 5.74) is 0.476. The zero-order valence-corrected chi connectivity index (χ0v) is 22.4. The fourth-order valence-electron chi connectivity index (χ4n) is 5.82. The number of aromatic nitrogens is 2. The largest absolute Gasteiger partial charge is 0.451 e. The summed E-state index contributed by atoms with van der Waals surface area (Å²) in [5.74, 6) is -1.50. The zero-order chi connectivity index (χ0) is 27.8. The Morgan fingerprint density at radius 1 is 1.05 bits per heavy atom. The summed E-state index contributed by atoms with van der Waals surface area (Å²) in [5, 5.41) is 2.60. The van der Waals surface area contributed by atoms with E-state index in [0.29, 0.717) is 25.9 Å². The summed E-state index contributed by atoms with van der Waals surface area (Å²) in [7, 11) is 4.25. The van der Waals surface area contributed by atoms with Crippen molar-refractivity contribution in [3.63, 3.8) is 0 Å². The smallest absolute Gasteiger partial charge is 0.342 e. The molecule has 0 bridgehead atoms. The van der Waals surface area contributed by atoms with Crippen LogP contribution in [0, 0.1) is 10.8 Å². The number of halogens is 3. The van der Waals surface area contributed by atoms with E-state index in [9.17, 15) is 22.8 Å². The summed E-state index contributed by atoms with van der Waals surface area (Å²) in [4.78, 5) is 36.6. The number of anilines is 1. The maximum Gasteiger partial charge on any atom is 0.451 e. The van der Waals surface area contributed by atoms with Gasteiger partial charge in [-0.05, 0) is 57.2 Å². The highest BCUT2D eigenvalue weighted by Crippen LogP contribution is 2.52. The summed E-state index contributed by atoms with van der Waals surface area (Å²) in [6.07, 6.45) is 2.08. The number of likely N-dealkylation sites (tertiary alicyclic amines) is 1. The van der Waals surface area contributed by atoms with Gasteiger partial charge in [-0.25, -0.2) is 9.97 Å². The molecule has 2 fully saturated rings. The molecule has 1 aromatic heterocycles. The highest BCUT2D eigenvalue weighted by atomic mass is 19.4. The van der Waals surface area contributed by atoms with E-state index in [1.165, 1.54) is 5.56 Å². The molecule has 38 heavy (non-hydrogen) atoms. The Hall–Kier alpha value is -3.01. The molecule has 0 radical (unpaired) electrons. The average Bonchev–Trinajstić information content (AvgIpc) is 3.18. The lowest BCUT2D eigenvalue weighted by Crippen LogP contribution is -2.47. The van der Waals surface area contributed by atoms with Crippen LogP contribution >= 0.6 is 0 Å². The highest BCUT2D eigenvalue weighted by molar-refractivity contribution is 5.94. The third-order valence-corrected chi connectivity index (χ3v) is 8.49. The van der Waals surface area contributed by atoms with Gasteiger partial charge in [0.05, 0.1) is 18.1 Å². The van der Waals surface area contributed by atoms with Gasteiger partial charge in [0, 0.05) is 30.5 Å². The highest BCUT2D eigenvalue weighted by Gasteiger charge is 2.50. The second-order valence-corrected chi connectivity index (χ2v) is 11.7. The summed E-state index contributed by atoms with van der Waals surface area (Å²) >= 11 is 0. The maximum absolute atomic E-state index is 13.0. The topological polar surface area (TPSA) is 78.4 Å². The lowest BCUT2D eigenvalue weighted by Gasteiger charge is -2.49. The number of carbonyl (C=O) groups excluding carboxylic acids is 2. The summed E-state index contributed by atoms with van der Waals surface area (Å²) < 4.78 is 38.1. The molecule has 1 saturated heterocycles. The van der Waals surface area contributed by atoms with E-state index >= 15 is 0 Å². The molecule has 206 valence electrons. The second-order valence-electron chi connectivity index (χ2n) is 11.7. The number of alkyl halides is 3. The van der Waals surface area contributed by atoms with Gasteiger partial charge in [-0.3, -0.25) is 14.5 Å². The van der Waals surface area contributed by atoms with Crippen molar-refractivity contribution in [1.82, 2.24) is 19.8 Å². The molecule has 2 heterocycles. The zero-order valence-electron chi connectivity index (χ0n) is 22.4. The number of hydrogen-bond donors (Lipinski definition) is 1. The van der Waals surface area contributed by atoms with Crippen LogP contribution in [-0.2, 0) is 21.3 Å². The minimum atomic E-state index is -4.64. The van der Waals surface area contributed by atoms with Gasteiger partial charge in [-0.1, -0.05) is 44.2 Å². The van der Waals surface area contributed by atoms with E-state index in [1.54, 1.807) is 13.8 Å². The number of benzene rings is 1. The standard InChI is InChI=1S/C28H36F3N5O2/c1-25(2,24(38)34-21-17-32-23(33-18-21)28(29,30)31)14-15-36-19-26(16-22(36)37)10-12-27(13-11-26,35(3)4)20-8-6-5-7-9-20/h5-9,17-18H,10-16,19H2,1-4H3,(H,34,38). The SMILES string of the molecule is CN(C)C1(c2ccccc2)CCC2(CC1)CC(=O)N(CCC(C)(C)C(=O)Nc1cnc(C(F)(F)F)nc1)C2. The van der Waals surface area contributed by atoms with Gasteiger partial charge < -0.3 is 10.2 Å². The molecular weight excluding hydrogens is 495 g/mol. The number of amides is 2. The third kappa shape index (κ3) is 5.70. The Morgan fingerprint density at radius 3 is 2.21 bits per heavy atom. The van der Waals surface area contributed by atoms with Crippen molar-refractivity contribution < 1.29 is 22.8 Å². The molecule has 1 N–H and O–H groups in total.